The molecule has 0 aliphatic heterocycles. The van der Waals surface area contributed by atoms with Gasteiger partial charge in [0.2, 0.25) is 0 Å². The molecule has 1 N–H and O–H groups in total. The van der Waals surface area contributed by atoms with Crippen molar-refractivity contribution in [1.29, 1.82) is 0 Å². The summed E-state index contributed by atoms with van der Waals surface area (Å²) in [7, 11) is 1.55. The largest absolute Gasteiger partial charge is 0.497 e. The molecule has 9 heteroatoms. The Kier molecular flexibility index (Phi) is 6.51. The number of hydrazone groups is 1. The van der Waals surface area contributed by atoms with Gasteiger partial charge in [0, 0.05) is 11.6 Å². The van der Waals surface area contributed by atoms with Crippen molar-refractivity contribution in [2.75, 3.05) is 13.7 Å². The van der Waals surface area contributed by atoms with Gasteiger partial charge in [-0.3, -0.25) is 14.9 Å². The van der Waals surface area contributed by atoms with E-state index < -0.39 is 10.8 Å². The van der Waals surface area contributed by atoms with E-state index >= 15 is 0 Å². The third-order valence-corrected chi connectivity index (χ3v) is 3.66. The third-order valence-electron chi connectivity index (χ3n) is 3.34. The van der Waals surface area contributed by atoms with Crippen LogP contribution in [0.25, 0.3) is 0 Å². The van der Waals surface area contributed by atoms with Crippen molar-refractivity contribution in [2.45, 2.75) is 6.92 Å². The summed E-state index contributed by atoms with van der Waals surface area (Å²) in [6.45, 7) is 1.38. The minimum absolute atomic E-state index is 0.0310. The average molecular weight is 378 g/mol. The minimum atomic E-state index is -0.583. The lowest BCUT2D eigenvalue weighted by Gasteiger charge is -2.07. The summed E-state index contributed by atoms with van der Waals surface area (Å²) < 4.78 is 10.4. The Morgan fingerprint density at radius 2 is 1.88 bits per heavy atom. The van der Waals surface area contributed by atoms with Crippen molar-refractivity contribution in [3.05, 3.63) is 63.2 Å². The van der Waals surface area contributed by atoms with Crippen molar-refractivity contribution in [1.82, 2.24) is 5.43 Å². The zero-order valence-electron chi connectivity index (χ0n) is 14.1. The van der Waals surface area contributed by atoms with Gasteiger partial charge in [0.05, 0.1) is 17.7 Å². The number of nitrogens with zero attached hydrogens (tertiary/aromatic N) is 2. The Bertz CT molecular complexity index is 837. The normalized spacial score (nSPS) is 11.0. The molecule has 0 aliphatic carbocycles. The lowest BCUT2D eigenvalue weighted by Crippen LogP contribution is -2.25. The monoisotopic (exact) mass is 377 g/mol. The summed E-state index contributed by atoms with van der Waals surface area (Å²) in [5, 5.41) is 14.9. The van der Waals surface area contributed by atoms with Gasteiger partial charge >= 0.3 is 0 Å². The first-order chi connectivity index (χ1) is 12.4. The van der Waals surface area contributed by atoms with Crippen molar-refractivity contribution in [2.24, 2.45) is 5.10 Å². The molecule has 8 nitrogen and oxygen atoms in total. The Labute approximate surface area is 154 Å². The van der Waals surface area contributed by atoms with Crippen LogP contribution < -0.4 is 14.9 Å². The van der Waals surface area contributed by atoms with Gasteiger partial charge in [0.15, 0.2) is 6.61 Å². The first-order valence-corrected chi connectivity index (χ1v) is 7.83. The molecule has 0 heterocycles. The number of rotatable bonds is 7. The van der Waals surface area contributed by atoms with E-state index in [2.05, 4.69) is 10.5 Å². The number of nitro benzene ring substituents is 1. The number of carbonyl (C=O) groups is 1. The predicted molar refractivity (Wildman–Crippen MR) is 96.9 cm³/mol. The lowest BCUT2D eigenvalue weighted by molar-refractivity contribution is -0.384. The molecule has 0 atom stereocenters. The quantitative estimate of drug-likeness (QED) is 0.453. The van der Waals surface area contributed by atoms with Crippen LogP contribution in [-0.2, 0) is 4.79 Å². The minimum Gasteiger partial charge on any atom is -0.497 e. The maximum Gasteiger partial charge on any atom is 0.288 e. The molecule has 2 aromatic carbocycles. The molecule has 0 saturated heterocycles. The van der Waals surface area contributed by atoms with E-state index in [0.717, 1.165) is 0 Å². The van der Waals surface area contributed by atoms with Gasteiger partial charge < -0.3 is 9.47 Å². The molecule has 2 rings (SSSR count). The van der Waals surface area contributed by atoms with Crippen molar-refractivity contribution >= 4 is 28.9 Å². The lowest BCUT2D eigenvalue weighted by atomic mass is 10.1. The molecule has 1 amide bonds. The highest BCUT2D eigenvalue weighted by Crippen LogP contribution is 2.25. The summed E-state index contributed by atoms with van der Waals surface area (Å²) in [6.07, 6.45) is 0. The van der Waals surface area contributed by atoms with Crippen LogP contribution in [0.4, 0.5) is 5.69 Å². The van der Waals surface area contributed by atoms with Crippen molar-refractivity contribution < 1.29 is 19.2 Å². The molecule has 0 spiro atoms. The van der Waals surface area contributed by atoms with E-state index in [4.69, 9.17) is 21.1 Å². The highest BCUT2D eigenvalue weighted by Gasteiger charge is 2.14. The fourth-order valence-electron chi connectivity index (χ4n) is 1.94. The van der Waals surface area contributed by atoms with Crippen LogP contribution in [-0.4, -0.2) is 30.3 Å². The first-order valence-electron chi connectivity index (χ1n) is 7.45. The molecule has 136 valence electrons. The number of ether oxygens (including phenoxy) is 2. The SMILES string of the molecule is COc1ccc(OCC(=O)N/N=C(/C)c2ccc(Cl)c([N+](=O)[O-])c2)cc1. The van der Waals surface area contributed by atoms with Crippen LogP contribution in [0.1, 0.15) is 12.5 Å². The van der Waals surface area contributed by atoms with Gasteiger partial charge in [0.25, 0.3) is 11.6 Å². The van der Waals surface area contributed by atoms with Crippen LogP contribution in [0.15, 0.2) is 47.6 Å². The standard InChI is InChI=1S/C17H16ClN3O5/c1-11(12-3-8-15(18)16(9-12)21(23)24)19-20-17(22)10-26-14-6-4-13(25-2)5-7-14/h3-9H,10H2,1-2H3,(H,20,22)/b19-11-. The van der Waals surface area contributed by atoms with E-state index in [-0.39, 0.29) is 17.3 Å². The number of amides is 1. The number of halogens is 1. The zero-order chi connectivity index (χ0) is 19.1. The maximum absolute atomic E-state index is 11.8. The number of carbonyl (C=O) groups excluding carboxylic acids is 1. The molecule has 0 unspecified atom stereocenters. The first kappa shape index (κ1) is 19.2. The summed E-state index contributed by atoms with van der Waals surface area (Å²) in [6, 6.07) is 11.0. The molecule has 0 bridgehead atoms. The predicted octanol–water partition coefficient (Wildman–Crippen LogP) is 3.18. The highest BCUT2D eigenvalue weighted by molar-refractivity contribution is 6.32. The number of benzene rings is 2. The molecule has 0 aliphatic rings. The average Bonchev–Trinajstić information content (AvgIpc) is 2.64. The number of nitro groups is 1. The van der Waals surface area contributed by atoms with Crippen LogP contribution in [0.3, 0.4) is 0 Å². The Morgan fingerprint density at radius 3 is 2.50 bits per heavy atom. The van der Waals surface area contributed by atoms with E-state index in [9.17, 15) is 14.9 Å². The highest BCUT2D eigenvalue weighted by atomic mass is 35.5. The maximum atomic E-state index is 11.8. The molecule has 26 heavy (non-hydrogen) atoms. The molecular formula is C17H16ClN3O5. The van der Waals surface area contributed by atoms with Crippen molar-refractivity contribution in [3.8, 4) is 11.5 Å². The van der Waals surface area contributed by atoms with Crippen LogP contribution in [0, 0.1) is 10.1 Å². The van der Waals surface area contributed by atoms with Crippen LogP contribution >= 0.6 is 11.6 Å². The van der Waals surface area contributed by atoms with Gasteiger partial charge in [-0.1, -0.05) is 17.7 Å². The molecule has 0 aromatic heterocycles. The summed E-state index contributed by atoms with van der Waals surface area (Å²) in [5.74, 6) is 0.720. The molecule has 0 saturated carbocycles. The summed E-state index contributed by atoms with van der Waals surface area (Å²) >= 11 is 5.77. The Morgan fingerprint density at radius 1 is 1.23 bits per heavy atom. The second-order valence-corrected chi connectivity index (χ2v) is 5.53. The Hall–Kier alpha value is -3.13. The fraction of sp³-hybridized carbons (Fsp3) is 0.176. The van der Waals surface area contributed by atoms with E-state index in [1.807, 2.05) is 0 Å². The van der Waals surface area contributed by atoms with Gasteiger partial charge in [0.1, 0.15) is 16.5 Å². The second-order valence-electron chi connectivity index (χ2n) is 5.12. The third kappa shape index (κ3) is 5.18. The molecule has 0 radical (unpaired) electrons. The van der Waals surface area contributed by atoms with E-state index in [1.54, 1.807) is 44.4 Å². The van der Waals surface area contributed by atoms with Crippen LogP contribution in [0.5, 0.6) is 11.5 Å². The van der Waals surface area contributed by atoms with Crippen molar-refractivity contribution in [3.63, 3.8) is 0 Å². The summed E-state index contributed by atoms with van der Waals surface area (Å²) in [5.41, 5.74) is 2.97. The van der Waals surface area contributed by atoms with Gasteiger partial charge in [-0.2, -0.15) is 5.10 Å². The van der Waals surface area contributed by atoms with Gasteiger partial charge in [-0.05, 0) is 37.3 Å². The number of hydrogen-bond donors (Lipinski definition) is 1. The number of hydrogen-bond acceptors (Lipinski definition) is 6. The molecule has 2 aromatic rings. The molecular weight excluding hydrogens is 362 g/mol. The molecule has 0 fully saturated rings. The zero-order valence-corrected chi connectivity index (χ0v) is 14.8. The van der Waals surface area contributed by atoms with Gasteiger partial charge in [-0.25, -0.2) is 5.43 Å². The Balaban J connectivity index is 1.94. The topological polar surface area (TPSA) is 103 Å². The van der Waals surface area contributed by atoms with E-state index in [1.165, 1.54) is 12.1 Å². The van der Waals surface area contributed by atoms with Crippen LogP contribution in [0.2, 0.25) is 5.02 Å². The van der Waals surface area contributed by atoms with E-state index in [0.29, 0.717) is 22.8 Å². The second kappa shape index (κ2) is 8.82. The number of nitrogens with one attached hydrogen (secondary N) is 1. The smallest absolute Gasteiger partial charge is 0.288 e. The summed E-state index contributed by atoms with van der Waals surface area (Å²) in [4.78, 5) is 22.1. The fourth-order valence-corrected chi connectivity index (χ4v) is 2.13. The number of methoxy groups -OCH3 is 1. The van der Waals surface area contributed by atoms with Gasteiger partial charge in [-0.15, -0.1) is 0 Å².